The lowest BCUT2D eigenvalue weighted by molar-refractivity contribution is -0.137. The molecule has 92 valence electrons. The second-order valence-electron chi connectivity index (χ2n) is 3.86. The molecule has 0 aromatic heterocycles. The van der Waals surface area contributed by atoms with E-state index < -0.39 is 5.97 Å². The zero-order valence-corrected chi connectivity index (χ0v) is 9.68. The van der Waals surface area contributed by atoms with Crippen molar-refractivity contribution in [1.29, 1.82) is 0 Å². The van der Waals surface area contributed by atoms with E-state index in [0.29, 0.717) is 19.8 Å². The molecule has 6 heteroatoms. The summed E-state index contributed by atoms with van der Waals surface area (Å²) in [6.45, 7) is 3.29. The molecule has 1 unspecified atom stereocenters. The highest BCUT2D eigenvalue weighted by molar-refractivity contribution is 5.80. The molecule has 1 fully saturated rings. The number of carbonyl (C=O) groups excluding carboxylic acids is 1. The number of hydrogen-bond donors (Lipinski definition) is 1. The average molecular weight is 230 g/mol. The zero-order valence-electron chi connectivity index (χ0n) is 9.68. The number of hydrogen-bond acceptors (Lipinski definition) is 3. The summed E-state index contributed by atoms with van der Waals surface area (Å²) in [4.78, 5) is 25.4. The van der Waals surface area contributed by atoms with Gasteiger partial charge in [-0.1, -0.05) is 6.92 Å². The van der Waals surface area contributed by atoms with Crippen LogP contribution < -0.4 is 0 Å². The van der Waals surface area contributed by atoms with Crippen molar-refractivity contribution < 1.29 is 19.4 Å². The van der Waals surface area contributed by atoms with E-state index in [1.807, 2.05) is 6.92 Å². The van der Waals surface area contributed by atoms with E-state index in [2.05, 4.69) is 0 Å². The number of carboxylic acids is 1. The molecule has 1 heterocycles. The molecule has 0 bridgehead atoms. The van der Waals surface area contributed by atoms with Crippen molar-refractivity contribution in [3.8, 4) is 0 Å². The van der Waals surface area contributed by atoms with Gasteiger partial charge in [-0.25, -0.2) is 4.79 Å². The second-order valence-corrected chi connectivity index (χ2v) is 3.86. The Hall–Kier alpha value is -1.30. The molecular weight excluding hydrogens is 212 g/mol. The third-order valence-corrected chi connectivity index (χ3v) is 2.64. The first-order valence-electron chi connectivity index (χ1n) is 5.37. The minimum Gasteiger partial charge on any atom is -0.480 e. The third-order valence-electron chi connectivity index (χ3n) is 2.64. The summed E-state index contributed by atoms with van der Waals surface area (Å²) in [6, 6.07) is -0.185. The fourth-order valence-electron chi connectivity index (χ4n) is 1.73. The van der Waals surface area contributed by atoms with Gasteiger partial charge in [0.2, 0.25) is 0 Å². The van der Waals surface area contributed by atoms with Crippen LogP contribution in [0.5, 0.6) is 0 Å². The lowest BCUT2D eigenvalue weighted by atomic mass is 10.2. The number of likely N-dealkylation sites (N-methyl/N-ethyl adjacent to an activating group) is 1. The smallest absolute Gasteiger partial charge is 0.323 e. The lowest BCUT2D eigenvalue weighted by Crippen LogP contribution is -2.53. The fraction of sp³-hybridized carbons (Fsp3) is 0.800. The standard InChI is InChI=1S/C10H18N2O4/c1-3-8-7-16-5-4-12(8)10(15)11(2)6-9(13)14/h8H,3-7H2,1-2H3,(H,13,14). The first-order chi connectivity index (χ1) is 7.56. The van der Waals surface area contributed by atoms with Gasteiger partial charge in [0, 0.05) is 13.6 Å². The molecule has 1 aliphatic rings. The van der Waals surface area contributed by atoms with Gasteiger partial charge < -0.3 is 19.6 Å². The average Bonchev–Trinajstić information content (AvgIpc) is 2.27. The number of urea groups is 1. The molecule has 1 atom stereocenters. The van der Waals surface area contributed by atoms with Crippen LogP contribution in [-0.4, -0.2) is 66.3 Å². The maximum Gasteiger partial charge on any atom is 0.323 e. The van der Waals surface area contributed by atoms with Gasteiger partial charge in [0.05, 0.1) is 19.3 Å². The Morgan fingerprint density at radius 2 is 2.25 bits per heavy atom. The van der Waals surface area contributed by atoms with Gasteiger partial charge in [-0.3, -0.25) is 4.79 Å². The van der Waals surface area contributed by atoms with Gasteiger partial charge in [0.1, 0.15) is 6.54 Å². The summed E-state index contributed by atoms with van der Waals surface area (Å²) >= 11 is 0. The van der Waals surface area contributed by atoms with Gasteiger partial charge in [-0.05, 0) is 6.42 Å². The van der Waals surface area contributed by atoms with Crippen LogP contribution in [0.3, 0.4) is 0 Å². The molecule has 0 aliphatic carbocycles. The molecule has 0 aromatic rings. The minimum absolute atomic E-state index is 0.0532. The summed E-state index contributed by atoms with van der Waals surface area (Å²) in [5, 5.41) is 8.62. The van der Waals surface area contributed by atoms with E-state index in [1.54, 1.807) is 4.90 Å². The Labute approximate surface area is 94.8 Å². The van der Waals surface area contributed by atoms with Gasteiger partial charge in [0.15, 0.2) is 0 Å². The van der Waals surface area contributed by atoms with Crippen molar-refractivity contribution in [2.75, 3.05) is 33.4 Å². The van der Waals surface area contributed by atoms with E-state index in [4.69, 9.17) is 9.84 Å². The molecule has 6 nitrogen and oxygen atoms in total. The van der Waals surface area contributed by atoms with Crippen LogP contribution in [0.15, 0.2) is 0 Å². The Balaban J connectivity index is 2.59. The van der Waals surface area contributed by atoms with Crippen LogP contribution in [0.25, 0.3) is 0 Å². The molecule has 2 amide bonds. The fourth-order valence-corrected chi connectivity index (χ4v) is 1.73. The van der Waals surface area contributed by atoms with Crippen LogP contribution in [0, 0.1) is 0 Å². The number of ether oxygens (including phenoxy) is 1. The number of nitrogens with zero attached hydrogens (tertiary/aromatic N) is 2. The highest BCUT2D eigenvalue weighted by Gasteiger charge is 2.28. The summed E-state index contributed by atoms with van der Waals surface area (Å²) in [5.74, 6) is -1.00. The maximum absolute atomic E-state index is 11.9. The van der Waals surface area contributed by atoms with E-state index >= 15 is 0 Å². The highest BCUT2D eigenvalue weighted by Crippen LogP contribution is 2.12. The van der Waals surface area contributed by atoms with Crippen LogP contribution in [0.1, 0.15) is 13.3 Å². The molecule has 1 aliphatic heterocycles. The Morgan fingerprint density at radius 1 is 1.56 bits per heavy atom. The van der Waals surface area contributed by atoms with E-state index in [9.17, 15) is 9.59 Å². The topological polar surface area (TPSA) is 70.1 Å². The number of carboxylic acid groups (broad SMARTS) is 1. The number of aliphatic carboxylic acids is 1. The minimum atomic E-state index is -1.00. The molecule has 0 radical (unpaired) electrons. The molecular formula is C10H18N2O4. The maximum atomic E-state index is 11.9. The summed E-state index contributed by atoms with van der Waals surface area (Å²) in [6.07, 6.45) is 0.812. The van der Waals surface area contributed by atoms with Crippen LogP contribution in [-0.2, 0) is 9.53 Å². The molecule has 16 heavy (non-hydrogen) atoms. The third kappa shape index (κ3) is 3.10. The van der Waals surface area contributed by atoms with E-state index in [1.165, 1.54) is 11.9 Å². The molecule has 1 rings (SSSR count). The second kappa shape index (κ2) is 5.69. The van der Waals surface area contributed by atoms with Crippen molar-refractivity contribution in [3.63, 3.8) is 0 Å². The predicted octanol–water partition coefficient (Wildman–Crippen LogP) is 0.234. The Kier molecular flexibility index (Phi) is 4.54. The molecule has 1 N–H and O–H groups in total. The number of rotatable bonds is 3. The van der Waals surface area contributed by atoms with Gasteiger partial charge in [-0.2, -0.15) is 0 Å². The summed E-state index contributed by atoms with van der Waals surface area (Å²) < 4.78 is 5.29. The number of carbonyl (C=O) groups is 2. The molecule has 1 saturated heterocycles. The first kappa shape index (κ1) is 12.8. The van der Waals surface area contributed by atoms with Crippen molar-refractivity contribution in [1.82, 2.24) is 9.80 Å². The molecule has 0 saturated carbocycles. The molecule has 0 spiro atoms. The van der Waals surface area contributed by atoms with Crippen LogP contribution in [0.4, 0.5) is 4.79 Å². The van der Waals surface area contributed by atoms with Gasteiger partial charge >= 0.3 is 12.0 Å². The van der Waals surface area contributed by atoms with E-state index in [0.717, 1.165) is 6.42 Å². The summed E-state index contributed by atoms with van der Waals surface area (Å²) in [7, 11) is 1.50. The summed E-state index contributed by atoms with van der Waals surface area (Å²) in [5.41, 5.74) is 0. The van der Waals surface area contributed by atoms with Gasteiger partial charge in [0.25, 0.3) is 0 Å². The van der Waals surface area contributed by atoms with E-state index in [-0.39, 0.29) is 18.6 Å². The first-order valence-corrected chi connectivity index (χ1v) is 5.37. The highest BCUT2D eigenvalue weighted by atomic mass is 16.5. The van der Waals surface area contributed by atoms with Crippen molar-refractivity contribution >= 4 is 12.0 Å². The molecule has 0 aromatic carbocycles. The Morgan fingerprint density at radius 3 is 2.81 bits per heavy atom. The SMILES string of the molecule is CCC1COCCN1C(=O)N(C)CC(=O)O. The largest absolute Gasteiger partial charge is 0.480 e. The monoisotopic (exact) mass is 230 g/mol. The number of amides is 2. The quantitative estimate of drug-likeness (QED) is 0.753. The van der Waals surface area contributed by atoms with Gasteiger partial charge in [-0.15, -0.1) is 0 Å². The van der Waals surface area contributed by atoms with Crippen molar-refractivity contribution in [2.24, 2.45) is 0 Å². The Bertz CT molecular complexity index is 270. The van der Waals surface area contributed by atoms with Crippen LogP contribution in [0.2, 0.25) is 0 Å². The normalized spacial score (nSPS) is 20.6. The van der Waals surface area contributed by atoms with Crippen LogP contribution >= 0.6 is 0 Å². The zero-order chi connectivity index (χ0) is 12.1. The van der Waals surface area contributed by atoms with Crippen molar-refractivity contribution in [3.05, 3.63) is 0 Å². The predicted molar refractivity (Wildman–Crippen MR) is 57.3 cm³/mol. The lowest BCUT2D eigenvalue weighted by Gasteiger charge is -2.37. The number of morpholine rings is 1. The van der Waals surface area contributed by atoms with Crippen molar-refractivity contribution in [2.45, 2.75) is 19.4 Å².